The monoisotopic (exact) mass is 502 g/mol. The van der Waals surface area contributed by atoms with Gasteiger partial charge in [0.1, 0.15) is 17.1 Å². The van der Waals surface area contributed by atoms with Gasteiger partial charge < -0.3 is 19.0 Å². The van der Waals surface area contributed by atoms with Gasteiger partial charge in [0, 0.05) is 51.0 Å². The van der Waals surface area contributed by atoms with Gasteiger partial charge in [0.05, 0.1) is 18.2 Å². The van der Waals surface area contributed by atoms with Crippen molar-refractivity contribution in [1.82, 2.24) is 0 Å². The van der Waals surface area contributed by atoms with Gasteiger partial charge in [-0.1, -0.05) is 18.2 Å². The molecule has 0 N–H and O–H groups in total. The average molecular weight is 503 g/mol. The first kappa shape index (κ1) is 25.8. The first-order valence-corrected chi connectivity index (χ1v) is 11.8. The Bertz CT molecular complexity index is 1650. The third kappa shape index (κ3) is 5.92. The lowest BCUT2D eigenvalue weighted by atomic mass is 10.1. The van der Waals surface area contributed by atoms with E-state index in [1.165, 1.54) is 0 Å². The Morgan fingerprint density at radius 3 is 2.13 bits per heavy atom. The molecule has 1 aromatic heterocycles. The lowest BCUT2D eigenvalue weighted by Crippen LogP contribution is -2.09. The van der Waals surface area contributed by atoms with Crippen LogP contribution in [0.4, 0.5) is 11.4 Å². The molecule has 0 saturated heterocycles. The van der Waals surface area contributed by atoms with E-state index in [9.17, 15) is 10.1 Å². The molecule has 188 valence electrons. The molecule has 3 aromatic rings. The van der Waals surface area contributed by atoms with E-state index in [1.54, 1.807) is 36.4 Å². The predicted molar refractivity (Wildman–Crippen MR) is 152 cm³/mol. The highest BCUT2D eigenvalue weighted by molar-refractivity contribution is 5.82. The van der Waals surface area contributed by atoms with Crippen molar-refractivity contribution in [2.45, 2.75) is 0 Å². The van der Waals surface area contributed by atoms with Crippen LogP contribution in [0.1, 0.15) is 11.1 Å². The van der Waals surface area contributed by atoms with Crippen LogP contribution in [0.15, 0.2) is 105 Å². The van der Waals surface area contributed by atoms with E-state index in [-0.39, 0.29) is 5.70 Å². The summed E-state index contributed by atoms with van der Waals surface area (Å²) in [7, 11) is 7.80. The van der Waals surface area contributed by atoms with E-state index in [2.05, 4.69) is 4.85 Å². The number of nitriles is 1. The van der Waals surface area contributed by atoms with Crippen LogP contribution >= 0.6 is 0 Å². The Balaban J connectivity index is 1.63. The highest BCUT2D eigenvalue weighted by Crippen LogP contribution is 2.26. The topological polar surface area (TPSA) is 74.1 Å². The molecular formula is C31H26N4O3. The van der Waals surface area contributed by atoms with Crippen LogP contribution in [0.5, 0.6) is 0 Å². The van der Waals surface area contributed by atoms with Crippen LogP contribution in [0.2, 0.25) is 0 Å². The molecule has 0 aliphatic carbocycles. The maximum atomic E-state index is 12.6. The Kier molecular flexibility index (Phi) is 7.61. The number of hydrogen-bond donors (Lipinski definition) is 0. The van der Waals surface area contributed by atoms with Crippen molar-refractivity contribution in [3.8, 4) is 6.07 Å². The summed E-state index contributed by atoms with van der Waals surface area (Å²) >= 11 is 0. The number of nitrogens with zero attached hydrogens (tertiary/aromatic N) is 4. The molecule has 0 atom stereocenters. The molecule has 0 unspecified atom stereocenters. The van der Waals surface area contributed by atoms with E-state index < -0.39 is 5.63 Å². The van der Waals surface area contributed by atoms with Crippen LogP contribution in [-0.2, 0) is 4.74 Å². The first-order chi connectivity index (χ1) is 18.3. The number of allylic oxidation sites excluding steroid dienone is 6. The normalized spacial score (nSPS) is 14.5. The van der Waals surface area contributed by atoms with Crippen molar-refractivity contribution in [1.29, 1.82) is 5.26 Å². The molecule has 7 nitrogen and oxygen atoms in total. The first-order valence-electron chi connectivity index (χ1n) is 11.8. The van der Waals surface area contributed by atoms with Gasteiger partial charge in [-0.2, -0.15) is 0 Å². The standard InChI is InChI=1S/C31H26N4O3/c1-33-29(20-32)24-17-27(14-8-21-6-11-25(12-7-21)34(2)3)37-28(18-24)15-10-23-16-22-9-13-26(35(4)5)19-30(22)38-31(23)36/h6-19H,2-5H3/b14-8+,15-10+,29-24-. The summed E-state index contributed by atoms with van der Waals surface area (Å²) in [5.74, 6) is 0.834. The van der Waals surface area contributed by atoms with E-state index >= 15 is 0 Å². The number of rotatable bonds is 6. The van der Waals surface area contributed by atoms with E-state index in [0.29, 0.717) is 28.2 Å². The Morgan fingerprint density at radius 1 is 0.895 bits per heavy atom. The molecule has 0 saturated carbocycles. The van der Waals surface area contributed by atoms with E-state index in [1.807, 2.05) is 92.6 Å². The summed E-state index contributed by atoms with van der Waals surface area (Å²) in [6.45, 7) is 7.35. The molecule has 2 heterocycles. The quantitative estimate of drug-likeness (QED) is 0.229. The number of anilines is 2. The van der Waals surface area contributed by atoms with E-state index in [4.69, 9.17) is 15.7 Å². The highest BCUT2D eigenvalue weighted by Gasteiger charge is 2.13. The zero-order chi connectivity index (χ0) is 27.2. The molecule has 0 radical (unpaired) electrons. The fourth-order valence-electron chi connectivity index (χ4n) is 3.74. The fourth-order valence-corrected chi connectivity index (χ4v) is 3.74. The Labute approximate surface area is 221 Å². The number of hydrogen-bond acceptors (Lipinski definition) is 6. The minimum absolute atomic E-state index is 0.0534. The summed E-state index contributed by atoms with van der Waals surface area (Å²) in [6, 6.07) is 17.4. The van der Waals surface area contributed by atoms with Gasteiger partial charge >= 0.3 is 5.63 Å². The van der Waals surface area contributed by atoms with E-state index in [0.717, 1.165) is 22.3 Å². The molecule has 0 spiro atoms. The number of fused-ring (bicyclic) bond motifs is 1. The second-order valence-electron chi connectivity index (χ2n) is 8.98. The number of benzene rings is 2. The number of ether oxygens (including phenoxy) is 1. The highest BCUT2D eigenvalue weighted by atomic mass is 16.5. The van der Waals surface area contributed by atoms with Crippen LogP contribution in [0.25, 0.3) is 28.0 Å². The van der Waals surface area contributed by atoms with Gasteiger partial charge in [0.25, 0.3) is 5.70 Å². The van der Waals surface area contributed by atoms with Crippen molar-refractivity contribution in [2.75, 3.05) is 38.0 Å². The average Bonchev–Trinajstić information content (AvgIpc) is 2.91. The lowest BCUT2D eigenvalue weighted by molar-refractivity contribution is 0.332. The molecule has 7 heteroatoms. The molecule has 4 rings (SSSR count). The SMILES string of the molecule is [C-]#[N+]/C(C#N)=C1C=C(/C=C/c2ccc(N(C)C)cc2)OC(/C=C/c2cc3ccc(N(C)C)cc3oc2=O)=C/1. The van der Waals surface area contributed by atoms with Crippen molar-refractivity contribution in [2.24, 2.45) is 0 Å². The van der Waals surface area contributed by atoms with Gasteiger partial charge in [-0.25, -0.2) is 14.9 Å². The van der Waals surface area contributed by atoms with Crippen molar-refractivity contribution < 1.29 is 9.15 Å². The van der Waals surface area contributed by atoms with Gasteiger partial charge in [-0.3, -0.25) is 0 Å². The van der Waals surface area contributed by atoms with Crippen molar-refractivity contribution >= 4 is 34.5 Å². The molecule has 1 aliphatic rings. The summed E-state index contributed by atoms with van der Waals surface area (Å²) in [5, 5.41) is 10.2. The Hall–Kier alpha value is -5.27. The molecule has 38 heavy (non-hydrogen) atoms. The third-order valence-electron chi connectivity index (χ3n) is 5.86. The molecule has 0 bridgehead atoms. The molecule has 0 amide bonds. The lowest BCUT2D eigenvalue weighted by Gasteiger charge is -2.14. The zero-order valence-electron chi connectivity index (χ0n) is 21.6. The molecular weight excluding hydrogens is 476 g/mol. The smallest absolute Gasteiger partial charge is 0.343 e. The third-order valence-corrected chi connectivity index (χ3v) is 5.86. The minimum Gasteiger partial charge on any atom is -0.457 e. The maximum absolute atomic E-state index is 12.6. The molecule has 2 aromatic carbocycles. The van der Waals surface area contributed by atoms with Crippen LogP contribution in [0.3, 0.4) is 0 Å². The van der Waals surface area contributed by atoms with Crippen LogP contribution in [0, 0.1) is 17.9 Å². The summed E-state index contributed by atoms with van der Waals surface area (Å²) < 4.78 is 11.5. The zero-order valence-corrected chi connectivity index (χ0v) is 21.6. The summed E-state index contributed by atoms with van der Waals surface area (Å²) in [6.07, 6.45) is 10.1. The second-order valence-corrected chi connectivity index (χ2v) is 8.98. The van der Waals surface area contributed by atoms with Crippen LogP contribution < -0.4 is 15.4 Å². The predicted octanol–water partition coefficient (Wildman–Crippen LogP) is 6.15. The van der Waals surface area contributed by atoms with Gasteiger partial charge in [0.2, 0.25) is 0 Å². The largest absolute Gasteiger partial charge is 0.457 e. The molecule has 0 fully saturated rings. The van der Waals surface area contributed by atoms with Crippen molar-refractivity contribution in [3.63, 3.8) is 0 Å². The second kappa shape index (κ2) is 11.2. The Morgan fingerprint density at radius 2 is 1.53 bits per heavy atom. The van der Waals surface area contributed by atoms with Crippen LogP contribution in [-0.4, -0.2) is 28.2 Å². The van der Waals surface area contributed by atoms with Gasteiger partial charge in [-0.05, 0) is 71.8 Å². The maximum Gasteiger partial charge on any atom is 0.343 e. The van der Waals surface area contributed by atoms with Crippen molar-refractivity contribution in [3.05, 3.63) is 129 Å². The summed E-state index contributed by atoms with van der Waals surface area (Å²) in [4.78, 5) is 19.9. The van der Waals surface area contributed by atoms with Gasteiger partial charge in [0.15, 0.2) is 0 Å². The summed E-state index contributed by atoms with van der Waals surface area (Å²) in [5.41, 5.74) is 3.73. The van der Waals surface area contributed by atoms with Gasteiger partial charge in [-0.15, -0.1) is 0 Å². The molecule has 1 aliphatic heterocycles. The fraction of sp³-hybridized carbons (Fsp3) is 0.129. The minimum atomic E-state index is -0.479.